The fourth-order valence-corrected chi connectivity index (χ4v) is 2.79. The molecule has 136 valence electrons. The summed E-state index contributed by atoms with van der Waals surface area (Å²) in [7, 11) is 0. The normalized spacial score (nSPS) is 10.7. The number of carbonyl (C=O) groups is 1. The standard InChI is InChI=1S/C20H21FN2O3/c1-14-12-19(15(2)23(14)13-18-4-3-10-25-18)20(24)22-9-11-26-17-7-5-16(21)6-8-17/h3-8,10,12H,9,11,13H2,1-2H3,(H,22,24). The number of hydrogen-bond acceptors (Lipinski definition) is 3. The van der Waals surface area contributed by atoms with Gasteiger partial charge in [-0.25, -0.2) is 4.39 Å². The van der Waals surface area contributed by atoms with Crippen molar-refractivity contribution >= 4 is 5.91 Å². The molecule has 0 aliphatic carbocycles. The van der Waals surface area contributed by atoms with E-state index >= 15 is 0 Å². The molecule has 0 radical (unpaired) electrons. The van der Waals surface area contributed by atoms with Gasteiger partial charge in [-0.15, -0.1) is 0 Å². The maximum atomic E-state index is 12.8. The Morgan fingerprint density at radius 3 is 2.69 bits per heavy atom. The number of nitrogens with zero attached hydrogens (tertiary/aromatic N) is 1. The van der Waals surface area contributed by atoms with Gasteiger partial charge in [-0.2, -0.15) is 0 Å². The molecule has 2 heterocycles. The Bertz CT molecular complexity index is 867. The molecule has 0 aliphatic rings. The van der Waals surface area contributed by atoms with Crippen LogP contribution in [-0.2, 0) is 6.54 Å². The molecule has 6 heteroatoms. The van der Waals surface area contributed by atoms with Gasteiger partial charge in [-0.1, -0.05) is 0 Å². The summed E-state index contributed by atoms with van der Waals surface area (Å²) in [6.45, 7) is 5.14. The predicted octanol–water partition coefficient (Wildman–Crippen LogP) is 3.69. The van der Waals surface area contributed by atoms with Gasteiger partial charge in [0, 0.05) is 11.4 Å². The Balaban J connectivity index is 1.55. The molecule has 0 atom stereocenters. The summed E-state index contributed by atoms with van der Waals surface area (Å²) in [5, 5.41) is 2.85. The van der Waals surface area contributed by atoms with Crippen LogP contribution in [0, 0.1) is 19.7 Å². The lowest BCUT2D eigenvalue weighted by Crippen LogP contribution is -2.28. The van der Waals surface area contributed by atoms with Gasteiger partial charge in [0.05, 0.1) is 24.9 Å². The fourth-order valence-electron chi connectivity index (χ4n) is 2.79. The number of benzene rings is 1. The molecule has 0 saturated carbocycles. The smallest absolute Gasteiger partial charge is 0.253 e. The topological polar surface area (TPSA) is 56.4 Å². The Hall–Kier alpha value is -3.02. The minimum Gasteiger partial charge on any atom is -0.492 e. The van der Waals surface area contributed by atoms with Crippen LogP contribution in [-0.4, -0.2) is 23.6 Å². The molecule has 2 aromatic heterocycles. The first-order chi connectivity index (χ1) is 12.5. The number of amides is 1. The Morgan fingerprint density at radius 1 is 1.23 bits per heavy atom. The third-order valence-corrected chi connectivity index (χ3v) is 4.18. The van der Waals surface area contributed by atoms with E-state index in [4.69, 9.17) is 9.15 Å². The molecule has 1 aromatic carbocycles. The summed E-state index contributed by atoms with van der Waals surface area (Å²) in [6.07, 6.45) is 1.64. The minimum absolute atomic E-state index is 0.147. The molecule has 0 bridgehead atoms. The Morgan fingerprint density at radius 2 is 2.00 bits per heavy atom. The second kappa shape index (κ2) is 7.91. The molecular formula is C20H21FN2O3. The highest BCUT2D eigenvalue weighted by Crippen LogP contribution is 2.17. The first-order valence-electron chi connectivity index (χ1n) is 8.40. The first-order valence-corrected chi connectivity index (χ1v) is 8.40. The number of aromatic nitrogens is 1. The number of aryl methyl sites for hydroxylation is 1. The van der Waals surface area contributed by atoms with E-state index in [0.717, 1.165) is 17.1 Å². The van der Waals surface area contributed by atoms with E-state index < -0.39 is 0 Å². The number of carbonyl (C=O) groups excluding carboxylic acids is 1. The third kappa shape index (κ3) is 4.14. The van der Waals surface area contributed by atoms with Crippen molar-refractivity contribution in [2.75, 3.05) is 13.2 Å². The quantitative estimate of drug-likeness (QED) is 0.657. The first kappa shape index (κ1) is 17.8. The zero-order valence-electron chi connectivity index (χ0n) is 14.8. The van der Waals surface area contributed by atoms with Crippen LogP contribution in [0.5, 0.6) is 5.75 Å². The molecule has 26 heavy (non-hydrogen) atoms. The van der Waals surface area contributed by atoms with Gasteiger partial charge in [0.15, 0.2) is 0 Å². The summed E-state index contributed by atoms with van der Waals surface area (Å²) in [6, 6.07) is 11.4. The van der Waals surface area contributed by atoms with Crippen LogP contribution in [0.25, 0.3) is 0 Å². The van der Waals surface area contributed by atoms with E-state index in [1.165, 1.54) is 12.1 Å². The number of halogens is 1. The van der Waals surface area contributed by atoms with Gasteiger partial charge in [0.1, 0.15) is 23.9 Å². The van der Waals surface area contributed by atoms with Crippen LogP contribution in [0.4, 0.5) is 4.39 Å². The second-order valence-electron chi connectivity index (χ2n) is 6.01. The number of rotatable bonds is 7. The highest BCUT2D eigenvalue weighted by molar-refractivity contribution is 5.95. The Labute approximate surface area is 151 Å². The van der Waals surface area contributed by atoms with E-state index in [1.54, 1.807) is 18.4 Å². The molecule has 1 amide bonds. The summed E-state index contributed by atoms with van der Waals surface area (Å²) in [4.78, 5) is 12.4. The molecule has 5 nitrogen and oxygen atoms in total. The van der Waals surface area contributed by atoms with Crippen molar-refractivity contribution in [2.45, 2.75) is 20.4 Å². The van der Waals surface area contributed by atoms with Gasteiger partial charge in [-0.3, -0.25) is 4.79 Å². The van der Waals surface area contributed by atoms with E-state index in [9.17, 15) is 9.18 Å². The van der Waals surface area contributed by atoms with Crippen LogP contribution in [0.1, 0.15) is 27.5 Å². The van der Waals surface area contributed by atoms with Gasteiger partial charge >= 0.3 is 0 Å². The number of nitrogens with one attached hydrogen (secondary N) is 1. The van der Waals surface area contributed by atoms with E-state index in [-0.39, 0.29) is 11.7 Å². The monoisotopic (exact) mass is 356 g/mol. The van der Waals surface area contributed by atoms with Crippen molar-refractivity contribution < 1.29 is 18.3 Å². The highest BCUT2D eigenvalue weighted by Gasteiger charge is 2.16. The van der Waals surface area contributed by atoms with Crippen molar-refractivity contribution in [1.29, 1.82) is 0 Å². The number of ether oxygens (including phenoxy) is 1. The molecule has 0 aliphatic heterocycles. The lowest BCUT2D eigenvalue weighted by atomic mass is 10.2. The van der Waals surface area contributed by atoms with Gasteiger partial charge in [0.25, 0.3) is 5.91 Å². The molecule has 0 unspecified atom stereocenters. The van der Waals surface area contributed by atoms with Crippen molar-refractivity contribution in [2.24, 2.45) is 0 Å². The van der Waals surface area contributed by atoms with Crippen LogP contribution >= 0.6 is 0 Å². The van der Waals surface area contributed by atoms with Crippen LogP contribution < -0.4 is 10.1 Å². The maximum absolute atomic E-state index is 12.8. The zero-order chi connectivity index (χ0) is 18.5. The van der Waals surface area contributed by atoms with Crippen molar-refractivity contribution in [3.05, 3.63) is 77.3 Å². The van der Waals surface area contributed by atoms with Gasteiger partial charge < -0.3 is 19.0 Å². The van der Waals surface area contributed by atoms with Gasteiger partial charge in [-0.05, 0) is 56.3 Å². The molecule has 0 fully saturated rings. The number of furan rings is 1. The van der Waals surface area contributed by atoms with Crippen LogP contribution in [0.3, 0.4) is 0 Å². The minimum atomic E-state index is -0.310. The third-order valence-electron chi connectivity index (χ3n) is 4.18. The molecule has 3 aromatic rings. The van der Waals surface area contributed by atoms with Crippen LogP contribution in [0.2, 0.25) is 0 Å². The van der Waals surface area contributed by atoms with Crippen molar-refractivity contribution in [1.82, 2.24) is 9.88 Å². The molecular weight excluding hydrogens is 335 g/mol. The molecule has 0 saturated heterocycles. The maximum Gasteiger partial charge on any atom is 0.253 e. The zero-order valence-corrected chi connectivity index (χ0v) is 14.8. The van der Waals surface area contributed by atoms with Crippen molar-refractivity contribution in [3.8, 4) is 5.75 Å². The van der Waals surface area contributed by atoms with Crippen LogP contribution in [0.15, 0.2) is 53.1 Å². The summed E-state index contributed by atoms with van der Waals surface area (Å²) in [5.74, 6) is 0.950. The molecule has 3 rings (SSSR count). The summed E-state index contributed by atoms with van der Waals surface area (Å²) < 4.78 is 25.7. The number of hydrogen-bond donors (Lipinski definition) is 1. The average molecular weight is 356 g/mol. The summed E-state index contributed by atoms with van der Waals surface area (Å²) >= 11 is 0. The highest BCUT2D eigenvalue weighted by atomic mass is 19.1. The molecule has 0 spiro atoms. The lowest BCUT2D eigenvalue weighted by Gasteiger charge is -2.09. The summed E-state index contributed by atoms with van der Waals surface area (Å²) in [5.41, 5.74) is 2.51. The predicted molar refractivity (Wildman–Crippen MR) is 95.9 cm³/mol. The SMILES string of the molecule is Cc1cc(C(=O)NCCOc2ccc(F)cc2)c(C)n1Cc1ccco1. The molecule has 1 N–H and O–H groups in total. The Kier molecular flexibility index (Phi) is 5.41. The largest absolute Gasteiger partial charge is 0.492 e. The fraction of sp³-hybridized carbons (Fsp3) is 0.250. The van der Waals surface area contributed by atoms with Crippen molar-refractivity contribution in [3.63, 3.8) is 0 Å². The average Bonchev–Trinajstić information content (AvgIpc) is 3.24. The van der Waals surface area contributed by atoms with E-state index in [0.29, 0.717) is 31.0 Å². The van der Waals surface area contributed by atoms with E-state index in [2.05, 4.69) is 5.32 Å². The lowest BCUT2D eigenvalue weighted by molar-refractivity contribution is 0.0946. The van der Waals surface area contributed by atoms with E-state index in [1.807, 2.05) is 36.6 Å². The van der Waals surface area contributed by atoms with Gasteiger partial charge in [0.2, 0.25) is 0 Å². The second-order valence-corrected chi connectivity index (χ2v) is 6.01.